The smallest absolute Gasteiger partial charge is 0.192 e. The SMILES string of the molecule is CCn1c(SC(C)C(=O)c2cc(C)ccc2C)nnc1-c1ccncc1. The molecule has 0 bridgehead atoms. The number of pyridine rings is 1. The maximum atomic E-state index is 12.9. The minimum absolute atomic E-state index is 0.118. The van der Waals surface area contributed by atoms with Crippen molar-refractivity contribution in [3.05, 3.63) is 59.4 Å². The molecule has 1 atom stereocenters. The van der Waals surface area contributed by atoms with Gasteiger partial charge in [-0.2, -0.15) is 0 Å². The monoisotopic (exact) mass is 366 g/mol. The molecular weight excluding hydrogens is 344 g/mol. The molecule has 0 radical (unpaired) electrons. The van der Waals surface area contributed by atoms with Crippen LogP contribution in [0.1, 0.15) is 35.3 Å². The van der Waals surface area contributed by atoms with Crippen molar-refractivity contribution in [2.45, 2.75) is 44.6 Å². The lowest BCUT2D eigenvalue weighted by Gasteiger charge is -2.13. The van der Waals surface area contributed by atoms with E-state index in [2.05, 4.69) is 22.1 Å². The molecular formula is C20H22N4OS. The molecule has 2 aromatic heterocycles. The summed E-state index contributed by atoms with van der Waals surface area (Å²) in [6.07, 6.45) is 3.48. The lowest BCUT2D eigenvalue weighted by molar-refractivity contribution is 0.0993. The highest BCUT2D eigenvalue weighted by atomic mass is 32.2. The van der Waals surface area contributed by atoms with E-state index in [-0.39, 0.29) is 11.0 Å². The normalized spacial score (nSPS) is 12.2. The van der Waals surface area contributed by atoms with Crippen LogP contribution < -0.4 is 0 Å². The molecule has 1 aromatic carbocycles. The summed E-state index contributed by atoms with van der Waals surface area (Å²) in [6, 6.07) is 9.81. The zero-order valence-electron chi connectivity index (χ0n) is 15.4. The van der Waals surface area contributed by atoms with Crippen molar-refractivity contribution >= 4 is 17.5 Å². The highest BCUT2D eigenvalue weighted by Gasteiger charge is 2.22. The van der Waals surface area contributed by atoms with Crippen molar-refractivity contribution < 1.29 is 4.79 Å². The Morgan fingerprint density at radius 2 is 1.88 bits per heavy atom. The van der Waals surface area contributed by atoms with E-state index in [0.717, 1.165) is 39.8 Å². The quantitative estimate of drug-likeness (QED) is 0.480. The van der Waals surface area contributed by atoms with Crippen molar-refractivity contribution in [3.8, 4) is 11.4 Å². The number of aromatic nitrogens is 4. The summed E-state index contributed by atoms with van der Waals surface area (Å²) in [5, 5.41) is 9.16. The number of nitrogens with zero attached hydrogens (tertiary/aromatic N) is 4. The third-order valence-corrected chi connectivity index (χ3v) is 5.36. The summed E-state index contributed by atoms with van der Waals surface area (Å²) in [4.78, 5) is 17.0. The predicted octanol–water partition coefficient (Wildman–Crippen LogP) is 4.34. The van der Waals surface area contributed by atoms with Crippen LogP contribution in [0.4, 0.5) is 0 Å². The first-order valence-corrected chi connectivity index (χ1v) is 9.51. The summed E-state index contributed by atoms with van der Waals surface area (Å²) in [5.74, 6) is 0.913. The molecule has 2 heterocycles. The summed E-state index contributed by atoms with van der Waals surface area (Å²) >= 11 is 1.45. The van der Waals surface area contributed by atoms with Crippen molar-refractivity contribution in [1.29, 1.82) is 0 Å². The summed E-state index contributed by atoms with van der Waals surface area (Å²) < 4.78 is 2.03. The van der Waals surface area contributed by atoms with Crippen LogP contribution in [0.5, 0.6) is 0 Å². The van der Waals surface area contributed by atoms with E-state index in [9.17, 15) is 4.79 Å². The Balaban J connectivity index is 1.86. The topological polar surface area (TPSA) is 60.7 Å². The number of carbonyl (C=O) groups is 1. The van der Waals surface area contributed by atoms with Crippen LogP contribution in [0.25, 0.3) is 11.4 Å². The lowest BCUT2D eigenvalue weighted by atomic mass is 10.0. The van der Waals surface area contributed by atoms with E-state index in [1.54, 1.807) is 12.4 Å². The molecule has 0 saturated heterocycles. The Kier molecular flexibility index (Phi) is 5.52. The Labute approximate surface area is 157 Å². The summed E-state index contributed by atoms with van der Waals surface area (Å²) in [5.41, 5.74) is 3.84. The standard InChI is InChI=1S/C20H22N4OS/c1-5-24-19(16-8-10-21-11-9-16)22-23-20(24)26-15(4)18(25)17-12-13(2)6-7-14(17)3/h6-12,15H,5H2,1-4H3. The van der Waals surface area contributed by atoms with Crippen LogP contribution in [0, 0.1) is 13.8 Å². The van der Waals surface area contributed by atoms with Gasteiger partial charge in [0.2, 0.25) is 0 Å². The highest BCUT2D eigenvalue weighted by molar-refractivity contribution is 8.00. The molecule has 0 fully saturated rings. The van der Waals surface area contributed by atoms with Gasteiger partial charge in [-0.1, -0.05) is 29.5 Å². The van der Waals surface area contributed by atoms with E-state index in [1.165, 1.54) is 11.8 Å². The second-order valence-electron chi connectivity index (χ2n) is 6.23. The molecule has 0 aliphatic carbocycles. The van der Waals surface area contributed by atoms with E-state index >= 15 is 0 Å². The molecule has 3 rings (SSSR count). The van der Waals surface area contributed by atoms with E-state index in [4.69, 9.17) is 0 Å². The molecule has 134 valence electrons. The van der Waals surface area contributed by atoms with Crippen LogP contribution in [0.3, 0.4) is 0 Å². The van der Waals surface area contributed by atoms with Crippen LogP contribution in [0.2, 0.25) is 0 Å². The number of thioether (sulfide) groups is 1. The van der Waals surface area contributed by atoms with Crippen molar-refractivity contribution in [1.82, 2.24) is 19.7 Å². The van der Waals surface area contributed by atoms with Crippen LogP contribution in [0.15, 0.2) is 47.9 Å². The van der Waals surface area contributed by atoms with Crippen molar-refractivity contribution in [2.75, 3.05) is 0 Å². The first-order chi connectivity index (χ1) is 12.5. The average molecular weight is 366 g/mol. The number of benzene rings is 1. The van der Waals surface area contributed by atoms with Gasteiger partial charge in [-0.05, 0) is 51.5 Å². The van der Waals surface area contributed by atoms with Gasteiger partial charge in [0.15, 0.2) is 16.8 Å². The van der Waals surface area contributed by atoms with Gasteiger partial charge in [-0.15, -0.1) is 10.2 Å². The molecule has 26 heavy (non-hydrogen) atoms. The number of rotatable bonds is 6. The van der Waals surface area contributed by atoms with Crippen molar-refractivity contribution in [3.63, 3.8) is 0 Å². The van der Waals surface area contributed by atoms with Gasteiger partial charge in [0, 0.05) is 30.1 Å². The van der Waals surface area contributed by atoms with E-state index in [0.29, 0.717) is 0 Å². The Bertz CT molecular complexity index is 921. The Hall–Kier alpha value is -2.47. The van der Waals surface area contributed by atoms with Crippen LogP contribution >= 0.6 is 11.8 Å². The molecule has 0 saturated carbocycles. The van der Waals surface area contributed by atoms with Crippen LogP contribution in [-0.4, -0.2) is 30.8 Å². The molecule has 0 amide bonds. The second kappa shape index (κ2) is 7.83. The number of carbonyl (C=O) groups excluding carboxylic acids is 1. The van der Waals surface area contributed by atoms with Gasteiger partial charge in [0.1, 0.15) is 0 Å². The zero-order chi connectivity index (χ0) is 18.7. The molecule has 0 aliphatic rings. The third kappa shape index (κ3) is 3.70. The number of ketones is 1. The largest absolute Gasteiger partial charge is 0.302 e. The third-order valence-electron chi connectivity index (χ3n) is 4.28. The molecule has 0 N–H and O–H groups in total. The maximum Gasteiger partial charge on any atom is 0.192 e. The Morgan fingerprint density at radius 3 is 2.58 bits per heavy atom. The van der Waals surface area contributed by atoms with Gasteiger partial charge in [0.25, 0.3) is 0 Å². The number of aryl methyl sites for hydroxylation is 2. The van der Waals surface area contributed by atoms with Crippen molar-refractivity contribution in [2.24, 2.45) is 0 Å². The van der Waals surface area contributed by atoms with Gasteiger partial charge >= 0.3 is 0 Å². The minimum atomic E-state index is -0.240. The average Bonchev–Trinajstić information content (AvgIpc) is 3.06. The van der Waals surface area contributed by atoms with Crippen LogP contribution in [-0.2, 0) is 6.54 Å². The molecule has 3 aromatic rings. The van der Waals surface area contributed by atoms with Gasteiger partial charge in [-0.25, -0.2) is 0 Å². The zero-order valence-corrected chi connectivity index (χ0v) is 16.2. The lowest BCUT2D eigenvalue weighted by Crippen LogP contribution is -2.16. The highest BCUT2D eigenvalue weighted by Crippen LogP contribution is 2.28. The first-order valence-electron chi connectivity index (χ1n) is 8.63. The predicted molar refractivity (Wildman–Crippen MR) is 104 cm³/mol. The fourth-order valence-electron chi connectivity index (χ4n) is 2.81. The minimum Gasteiger partial charge on any atom is -0.302 e. The number of Topliss-reactive ketones (excluding diaryl/α,β-unsaturated/α-hetero) is 1. The van der Waals surface area contributed by atoms with E-state index in [1.807, 2.05) is 55.7 Å². The first kappa shape index (κ1) is 18.3. The van der Waals surface area contributed by atoms with Gasteiger partial charge in [0.05, 0.1) is 5.25 Å². The van der Waals surface area contributed by atoms with Gasteiger partial charge in [-0.3, -0.25) is 9.78 Å². The second-order valence-corrected chi connectivity index (χ2v) is 7.54. The number of hydrogen-bond donors (Lipinski definition) is 0. The number of hydrogen-bond acceptors (Lipinski definition) is 5. The van der Waals surface area contributed by atoms with Gasteiger partial charge < -0.3 is 4.57 Å². The Morgan fingerprint density at radius 1 is 1.15 bits per heavy atom. The summed E-state index contributed by atoms with van der Waals surface area (Å²) in [7, 11) is 0. The molecule has 1 unspecified atom stereocenters. The fourth-order valence-corrected chi connectivity index (χ4v) is 3.79. The molecule has 0 spiro atoms. The molecule has 6 heteroatoms. The molecule has 0 aliphatic heterocycles. The van der Waals surface area contributed by atoms with E-state index < -0.39 is 0 Å². The molecule has 5 nitrogen and oxygen atoms in total. The summed E-state index contributed by atoms with van der Waals surface area (Å²) in [6.45, 7) is 8.69. The fraction of sp³-hybridized carbons (Fsp3) is 0.300. The maximum absolute atomic E-state index is 12.9.